The molecule has 0 saturated carbocycles. The standard InChI is InChI=1S/C15H18Cl2N4S/c1-10-8-20-14(22-10)5-6-19-15(18-2)21-9-11-3-4-12(16)7-13(11)17/h3-4,7-8H,5-6,9H2,1-2H3,(H2,18,19,21). The number of hydrogen-bond acceptors (Lipinski definition) is 3. The molecule has 1 heterocycles. The molecule has 0 aliphatic carbocycles. The summed E-state index contributed by atoms with van der Waals surface area (Å²) in [6.45, 7) is 3.43. The lowest BCUT2D eigenvalue weighted by molar-refractivity contribution is 0.792. The molecule has 2 N–H and O–H groups in total. The van der Waals surface area contributed by atoms with E-state index < -0.39 is 0 Å². The van der Waals surface area contributed by atoms with Crippen molar-refractivity contribution in [1.82, 2.24) is 15.6 Å². The third-order valence-electron chi connectivity index (χ3n) is 2.99. The van der Waals surface area contributed by atoms with Crippen LogP contribution >= 0.6 is 34.5 Å². The molecule has 0 unspecified atom stereocenters. The van der Waals surface area contributed by atoms with Crippen LogP contribution < -0.4 is 10.6 Å². The molecule has 0 atom stereocenters. The Bertz CT molecular complexity index is 655. The second-order valence-electron chi connectivity index (χ2n) is 4.70. The first-order valence-electron chi connectivity index (χ1n) is 6.88. The molecule has 0 aliphatic heterocycles. The predicted molar refractivity (Wildman–Crippen MR) is 95.2 cm³/mol. The molecular weight excluding hydrogens is 339 g/mol. The molecule has 0 spiro atoms. The second kappa shape index (κ2) is 8.36. The van der Waals surface area contributed by atoms with Crippen molar-refractivity contribution in [2.24, 2.45) is 4.99 Å². The van der Waals surface area contributed by atoms with E-state index in [4.69, 9.17) is 23.2 Å². The van der Waals surface area contributed by atoms with Crippen LogP contribution in [-0.2, 0) is 13.0 Å². The Kier molecular flexibility index (Phi) is 6.49. The SMILES string of the molecule is CN=C(NCCc1ncc(C)s1)NCc1ccc(Cl)cc1Cl. The zero-order chi connectivity index (χ0) is 15.9. The largest absolute Gasteiger partial charge is 0.356 e. The minimum Gasteiger partial charge on any atom is -0.356 e. The average molecular weight is 357 g/mol. The number of halogens is 2. The van der Waals surface area contributed by atoms with Crippen molar-refractivity contribution in [3.8, 4) is 0 Å². The van der Waals surface area contributed by atoms with Crippen LogP contribution in [0, 0.1) is 6.92 Å². The zero-order valence-electron chi connectivity index (χ0n) is 12.5. The van der Waals surface area contributed by atoms with Crippen molar-refractivity contribution in [2.45, 2.75) is 19.9 Å². The van der Waals surface area contributed by atoms with E-state index in [2.05, 4.69) is 27.5 Å². The Hall–Kier alpha value is -1.30. The maximum absolute atomic E-state index is 6.15. The van der Waals surface area contributed by atoms with Crippen LogP contribution in [0.25, 0.3) is 0 Å². The first-order chi connectivity index (χ1) is 10.6. The minimum absolute atomic E-state index is 0.589. The summed E-state index contributed by atoms with van der Waals surface area (Å²) in [7, 11) is 1.74. The highest BCUT2D eigenvalue weighted by Gasteiger charge is 2.04. The van der Waals surface area contributed by atoms with Gasteiger partial charge in [-0.25, -0.2) is 4.98 Å². The number of hydrogen-bond donors (Lipinski definition) is 2. The Morgan fingerprint density at radius 2 is 2.14 bits per heavy atom. The van der Waals surface area contributed by atoms with Gasteiger partial charge in [0.25, 0.3) is 0 Å². The van der Waals surface area contributed by atoms with Gasteiger partial charge in [0.1, 0.15) is 0 Å². The molecule has 22 heavy (non-hydrogen) atoms. The molecule has 118 valence electrons. The van der Waals surface area contributed by atoms with Crippen molar-refractivity contribution in [2.75, 3.05) is 13.6 Å². The molecule has 0 bridgehead atoms. The Balaban J connectivity index is 1.80. The van der Waals surface area contributed by atoms with E-state index in [1.807, 2.05) is 18.3 Å². The van der Waals surface area contributed by atoms with Crippen molar-refractivity contribution < 1.29 is 0 Å². The first-order valence-corrected chi connectivity index (χ1v) is 8.45. The topological polar surface area (TPSA) is 49.3 Å². The van der Waals surface area contributed by atoms with E-state index >= 15 is 0 Å². The fourth-order valence-electron chi connectivity index (χ4n) is 1.87. The molecule has 0 fully saturated rings. The highest BCUT2D eigenvalue weighted by Crippen LogP contribution is 2.20. The highest BCUT2D eigenvalue weighted by molar-refractivity contribution is 7.11. The van der Waals surface area contributed by atoms with E-state index in [0.717, 1.165) is 29.5 Å². The molecule has 0 radical (unpaired) electrons. The van der Waals surface area contributed by atoms with Gasteiger partial charge in [-0.1, -0.05) is 29.3 Å². The molecular formula is C15H18Cl2N4S. The number of benzene rings is 1. The van der Waals surface area contributed by atoms with Gasteiger partial charge < -0.3 is 10.6 Å². The molecule has 2 rings (SSSR count). The first kappa shape index (κ1) is 17.1. The quantitative estimate of drug-likeness (QED) is 0.634. The summed E-state index contributed by atoms with van der Waals surface area (Å²) >= 11 is 13.8. The van der Waals surface area contributed by atoms with Crippen LogP contribution in [0.1, 0.15) is 15.4 Å². The van der Waals surface area contributed by atoms with E-state index in [0.29, 0.717) is 16.6 Å². The maximum Gasteiger partial charge on any atom is 0.191 e. The summed E-state index contributed by atoms with van der Waals surface area (Å²) in [6.07, 6.45) is 2.77. The molecule has 0 saturated heterocycles. The zero-order valence-corrected chi connectivity index (χ0v) is 14.8. The lowest BCUT2D eigenvalue weighted by atomic mass is 10.2. The maximum atomic E-state index is 6.15. The summed E-state index contributed by atoms with van der Waals surface area (Å²) in [5.74, 6) is 0.735. The number of thiazole rings is 1. The summed E-state index contributed by atoms with van der Waals surface area (Å²) in [4.78, 5) is 9.77. The van der Waals surface area contributed by atoms with Gasteiger partial charge in [-0.15, -0.1) is 11.3 Å². The lowest BCUT2D eigenvalue weighted by Gasteiger charge is -2.12. The molecule has 7 heteroatoms. The summed E-state index contributed by atoms with van der Waals surface area (Å²) in [5, 5.41) is 8.90. The monoisotopic (exact) mass is 356 g/mol. The second-order valence-corrected chi connectivity index (χ2v) is 6.87. The van der Waals surface area contributed by atoms with Crippen LogP contribution in [0.3, 0.4) is 0 Å². The Morgan fingerprint density at radius 3 is 2.77 bits per heavy atom. The van der Waals surface area contributed by atoms with Gasteiger partial charge in [0.05, 0.1) is 5.01 Å². The summed E-state index contributed by atoms with van der Waals surface area (Å²) in [5.41, 5.74) is 0.976. The number of guanidine groups is 1. The fraction of sp³-hybridized carbons (Fsp3) is 0.333. The van der Waals surface area contributed by atoms with E-state index in [9.17, 15) is 0 Å². The normalized spacial score (nSPS) is 11.5. The minimum atomic E-state index is 0.589. The van der Waals surface area contributed by atoms with E-state index in [1.54, 1.807) is 24.5 Å². The number of rotatable bonds is 5. The summed E-state index contributed by atoms with van der Waals surface area (Å²) < 4.78 is 0. The van der Waals surface area contributed by atoms with Gasteiger partial charge in [-0.05, 0) is 24.6 Å². The number of aliphatic imine (C=N–C) groups is 1. The third-order valence-corrected chi connectivity index (χ3v) is 4.54. The van der Waals surface area contributed by atoms with Crippen LogP contribution in [-0.4, -0.2) is 24.5 Å². The van der Waals surface area contributed by atoms with Gasteiger partial charge in [0, 0.05) is 47.7 Å². The Morgan fingerprint density at radius 1 is 1.32 bits per heavy atom. The van der Waals surface area contributed by atoms with Gasteiger partial charge in [-0.2, -0.15) is 0 Å². The van der Waals surface area contributed by atoms with Crippen molar-refractivity contribution >= 4 is 40.5 Å². The van der Waals surface area contributed by atoms with Gasteiger partial charge in [-0.3, -0.25) is 4.99 Å². The number of nitrogens with zero attached hydrogens (tertiary/aromatic N) is 2. The van der Waals surface area contributed by atoms with Crippen LogP contribution in [0.5, 0.6) is 0 Å². The summed E-state index contributed by atoms with van der Waals surface area (Å²) in [6, 6.07) is 5.47. The smallest absolute Gasteiger partial charge is 0.191 e. The van der Waals surface area contributed by atoms with Crippen LogP contribution in [0.4, 0.5) is 0 Å². The molecule has 1 aromatic carbocycles. The molecule has 0 aliphatic rings. The van der Waals surface area contributed by atoms with Crippen LogP contribution in [0.2, 0.25) is 10.0 Å². The Labute approximate surface area is 144 Å². The van der Waals surface area contributed by atoms with E-state index in [1.165, 1.54) is 4.88 Å². The van der Waals surface area contributed by atoms with Gasteiger partial charge in [0.2, 0.25) is 0 Å². The average Bonchev–Trinajstić information content (AvgIpc) is 2.89. The van der Waals surface area contributed by atoms with Gasteiger partial charge in [0.15, 0.2) is 5.96 Å². The molecule has 0 amide bonds. The molecule has 4 nitrogen and oxygen atoms in total. The predicted octanol–water partition coefficient (Wildman–Crippen LogP) is 3.67. The van der Waals surface area contributed by atoms with Crippen molar-refractivity contribution in [1.29, 1.82) is 0 Å². The lowest BCUT2D eigenvalue weighted by Crippen LogP contribution is -2.37. The molecule has 2 aromatic rings. The molecule has 1 aromatic heterocycles. The number of nitrogens with one attached hydrogen (secondary N) is 2. The number of aryl methyl sites for hydroxylation is 1. The van der Waals surface area contributed by atoms with E-state index in [-0.39, 0.29) is 0 Å². The fourth-order valence-corrected chi connectivity index (χ4v) is 3.13. The third kappa shape index (κ3) is 5.16. The van der Waals surface area contributed by atoms with Gasteiger partial charge >= 0.3 is 0 Å². The van der Waals surface area contributed by atoms with Crippen molar-refractivity contribution in [3.05, 3.63) is 49.9 Å². The highest BCUT2D eigenvalue weighted by atomic mass is 35.5. The van der Waals surface area contributed by atoms with Crippen LogP contribution in [0.15, 0.2) is 29.4 Å². The van der Waals surface area contributed by atoms with Crippen molar-refractivity contribution in [3.63, 3.8) is 0 Å². The number of aromatic nitrogens is 1.